The Morgan fingerprint density at radius 2 is 1.65 bits per heavy atom. The molecule has 2 rings (SSSR count). The average Bonchev–Trinajstić information content (AvgIpc) is 2.36. The van der Waals surface area contributed by atoms with Crippen LogP contribution in [0.5, 0.6) is 0 Å². The van der Waals surface area contributed by atoms with Crippen molar-refractivity contribution in [1.29, 1.82) is 0 Å². The fraction of sp³-hybridized carbons (Fsp3) is 0.200. The van der Waals surface area contributed by atoms with Crippen LogP contribution in [-0.4, -0.2) is 11.6 Å². The normalized spacial score (nSPS) is 15.6. The van der Waals surface area contributed by atoms with E-state index in [2.05, 4.69) is 0 Å². The topological polar surface area (TPSA) is 34.1 Å². The Morgan fingerprint density at radius 1 is 1.06 bits per heavy atom. The summed E-state index contributed by atoms with van der Waals surface area (Å²) in [7, 11) is 0. The number of hydrogen-bond donors (Lipinski definition) is 0. The highest BCUT2D eigenvalue weighted by Crippen LogP contribution is 2.27. The van der Waals surface area contributed by atoms with Gasteiger partial charge in [-0.2, -0.15) is 0 Å². The molecule has 1 aromatic rings. The molecule has 86 valence electrons. The van der Waals surface area contributed by atoms with E-state index < -0.39 is 0 Å². The van der Waals surface area contributed by atoms with Crippen molar-refractivity contribution in [3.8, 4) is 0 Å². The summed E-state index contributed by atoms with van der Waals surface area (Å²) in [5.74, 6) is -0.0458. The van der Waals surface area contributed by atoms with Gasteiger partial charge in [0, 0.05) is 22.3 Å². The lowest BCUT2D eigenvalue weighted by molar-refractivity contribution is 0.0973. The summed E-state index contributed by atoms with van der Waals surface area (Å²) in [5.41, 5.74) is 2.25. The quantitative estimate of drug-likeness (QED) is 0.725. The van der Waals surface area contributed by atoms with Gasteiger partial charge in [-0.3, -0.25) is 9.59 Å². The molecule has 0 unspecified atom stereocenters. The van der Waals surface area contributed by atoms with Crippen LogP contribution in [-0.2, 0) is 0 Å². The van der Waals surface area contributed by atoms with Crippen LogP contribution in [0.3, 0.4) is 0 Å². The maximum absolute atomic E-state index is 12.2. The Balaban J connectivity index is 2.54. The number of benzene rings is 1. The molecule has 0 heterocycles. The summed E-state index contributed by atoms with van der Waals surface area (Å²) < 4.78 is 0. The average molecular weight is 226 g/mol. The summed E-state index contributed by atoms with van der Waals surface area (Å²) >= 11 is 0. The maximum Gasteiger partial charge on any atom is 0.190 e. The van der Waals surface area contributed by atoms with Gasteiger partial charge in [-0.1, -0.05) is 36.4 Å². The number of carbonyl (C=O) groups excluding carboxylic acids is 2. The van der Waals surface area contributed by atoms with Crippen molar-refractivity contribution < 1.29 is 9.59 Å². The number of hydrogen-bond acceptors (Lipinski definition) is 2. The summed E-state index contributed by atoms with van der Waals surface area (Å²) in [6.07, 6.45) is 4.32. The van der Waals surface area contributed by atoms with E-state index in [9.17, 15) is 9.59 Å². The number of fused-ring (bicyclic) bond motifs is 1. The van der Waals surface area contributed by atoms with E-state index in [1.54, 1.807) is 31.2 Å². The Bertz CT molecular complexity index is 548. The number of carbonyl (C=O) groups is 2. The number of allylic oxidation sites excluding steroid dienone is 4. The van der Waals surface area contributed by atoms with Gasteiger partial charge in [0.05, 0.1) is 0 Å². The van der Waals surface area contributed by atoms with Crippen LogP contribution in [0, 0.1) is 0 Å². The molecule has 2 nitrogen and oxygen atoms in total. The highest BCUT2D eigenvalue weighted by Gasteiger charge is 2.28. The second-order valence-electron chi connectivity index (χ2n) is 4.08. The van der Waals surface area contributed by atoms with Crippen LogP contribution >= 0.6 is 0 Å². The van der Waals surface area contributed by atoms with E-state index in [0.29, 0.717) is 28.7 Å². The van der Waals surface area contributed by atoms with Crippen LogP contribution in [0.25, 0.3) is 0 Å². The third-order valence-corrected chi connectivity index (χ3v) is 3.04. The molecule has 0 bridgehead atoms. The Morgan fingerprint density at radius 3 is 2.24 bits per heavy atom. The van der Waals surface area contributed by atoms with Gasteiger partial charge in [0.25, 0.3) is 0 Å². The molecular weight excluding hydrogens is 212 g/mol. The first kappa shape index (κ1) is 11.5. The SMILES string of the molecule is C/C=C/CC1=C(C)C(=O)c2ccccc2C1=O. The minimum absolute atomic E-state index is 0.0178. The van der Waals surface area contributed by atoms with E-state index in [1.165, 1.54) is 0 Å². The highest BCUT2D eigenvalue weighted by atomic mass is 16.1. The molecule has 0 fully saturated rings. The zero-order valence-corrected chi connectivity index (χ0v) is 9.99. The van der Waals surface area contributed by atoms with Crippen molar-refractivity contribution in [2.24, 2.45) is 0 Å². The smallest absolute Gasteiger partial charge is 0.190 e. The minimum Gasteiger partial charge on any atom is -0.289 e. The summed E-state index contributed by atoms with van der Waals surface area (Å²) in [6, 6.07) is 7.01. The molecule has 17 heavy (non-hydrogen) atoms. The summed E-state index contributed by atoms with van der Waals surface area (Å²) in [6.45, 7) is 3.63. The first-order valence-electron chi connectivity index (χ1n) is 5.66. The van der Waals surface area contributed by atoms with Crippen LogP contribution < -0.4 is 0 Å². The maximum atomic E-state index is 12.2. The molecule has 0 atom stereocenters. The molecule has 1 aromatic carbocycles. The summed E-state index contributed by atoms with van der Waals surface area (Å²) in [5, 5.41) is 0. The fourth-order valence-corrected chi connectivity index (χ4v) is 2.03. The van der Waals surface area contributed by atoms with Gasteiger partial charge in [-0.05, 0) is 20.3 Å². The van der Waals surface area contributed by atoms with E-state index >= 15 is 0 Å². The first-order valence-corrected chi connectivity index (χ1v) is 5.66. The molecule has 0 aromatic heterocycles. The van der Waals surface area contributed by atoms with Crippen molar-refractivity contribution in [1.82, 2.24) is 0 Å². The third-order valence-electron chi connectivity index (χ3n) is 3.04. The van der Waals surface area contributed by atoms with Crippen molar-refractivity contribution in [2.45, 2.75) is 20.3 Å². The molecule has 0 amide bonds. The molecule has 1 aliphatic rings. The number of ketones is 2. The zero-order chi connectivity index (χ0) is 12.4. The van der Waals surface area contributed by atoms with Crippen molar-refractivity contribution >= 4 is 11.6 Å². The van der Waals surface area contributed by atoms with Crippen molar-refractivity contribution in [3.05, 3.63) is 58.7 Å². The lowest BCUT2D eigenvalue weighted by atomic mass is 9.83. The van der Waals surface area contributed by atoms with Gasteiger partial charge in [-0.25, -0.2) is 0 Å². The van der Waals surface area contributed by atoms with Crippen LogP contribution in [0.15, 0.2) is 47.6 Å². The van der Waals surface area contributed by atoms with Crippen LogP contribution in [0.2, 0.25) is 0 Å². The van der Waals surface area contributed by atoms with Gasteiger partial charge in [0.1, 0.15) is 0 Å². The predicted molar refractivity (Wildman–Crippen MR) is 67.2 cm³/mol. The minimum atomic E-state index is -0.0281. The molecule has 0 aliphatic heterocycles. The molecule has 0 radical (unpaired) electrons. The second-order valence-corrected chi connectivity index (χ2v) is 4.08. The highest BCUT2D eigenvalue weighted by molar-refractivity contribution is 6.26. The van der Waals surface area contributed by atoms with Crippen LogP contribution in [0.4, 0.5) is 0 Å². The van der Waals surface area contributed by atoms with E-state index in [4.69, 9.17) is 0 Å². The Labute approximate surface area is 101 Å². The first-order chi connectivity index (χ1) is 8.16. The van der Waals surface area contributed by atoms with E-state index in [0.717, 1.165) is 0 Å². The van der Waals surface area contributed by atoms with E-state index in [-0.39, 0.29) is 11.6 Å². The standard InChI is InChI=1S/C15H14O2/c1-3-4-7-11-10(2)14(16)12-8-5-6-9-13(12)15(11)17/h3-6,8-9H,7H2,1-2H3/b4-3+. The predicted octanol–water partition coefficient (Wildman–Crippen LogP) is 3.35. The Hall–Kier alpha value is -1.96. The molecule has 0 saturated heterocycles. The zero-order valence-electron chi connectivity index (χ0n) is 9.99. The van der Waals surface area contributed by atoms with Crippen molar-refractivity contribution in [3.63, 3.8) is 0 Å². The molecule has 1 aliphatic carbocycles. The fourth-order valence-electron chi connectivity index (χ4n) is 2.03. The molecule has 2 heteroatoms. The largest absolute Gasteiger partial charge is 0.289 e. The third kappa shape index (κ3) is 1.86. The lowest BCUT2D eigenvalue weighted by Crippen LogP contribution is -2.20. The molecule has 0 spiro atoms. The van der Waals surface area contributed by atoms with Gasteiger partial charge in [-0.15, -0.1) is 0 Å². The van der Waals surface area contributed by atoms with Gasteiger partial charge >= 0.3 is 0 Å². The van der Waals surface area contributed by atoms with Gasteiger partial charge < -0.3 is 0 Å². The van der Waals surface area contributed by atoms with Gasteiger partial charge in [0.15, 0.2) is 11.6 Å². The van der Waals surface area contributed by atoms with Crippen molar-refractivity contribution in [2.75, 3.05) is 0 Å². The molecular formula is C15H14O2. The van der Waals surface area contributed by atoms with Gasteiger partial charge in [0.2, 0.25) is 0 Å². The van der Waals surface area contributed by atoms with E-state index in [1.807, 2.05) is 19.1 Å². The lowest BCUT2D eigenvalue weighted by Gasteiger charge is -2.17. The number of rotatable bonds is 2. The number of Topliss-reactive ketones (excluding diaryl/α,β-unsaturated/α-hetero) is 2. The monoisotopic (exact) mass is 226 g/mol. The molecule has 0 N–H and O–H groups in total. The Kier molecular flexibility index (Phi) is 3.05. The summed E-state index contributed by atoms with van der Waals surface area (Å²) in [4.78, 5) is 24.3. The second kappa shape index (κ2) is 4.50. The van der Waals surface area contributed by atoms with Crippen LogP contribution in [0.1, 0.15) is 41.0 Å². The molecule has 0 saturated carbocycles.